The number of amides is 1. The van der Waals surface area contributed by atoms with E-state index in [9.17, 15) is 28.8 Å². The number of cyclic esters (lactones) is 2. The van der Waals surface area contributed by atoms with Gasteiger partial charge in [-0.15, -0.1) is 0 Å². The molecule has 258 valence electrons. The van der Waals surface area contributed by atoms with E-state index in [4.69, 9.17) is 85.2 Å². The molecule has 1 heterocycles. The predicted molar refractivity (Wildman–Crippen MR) is 172 cm³/mol. The summed E-state index contributed by atoms with van der Waals surface area (Å²) in [4.78, 5) is 65.8. The van der Waals surface area contributed by atoms with Crippen molar-refractivity contribution in [2.75, 3.05) is 0 Å². The average molecular weight is 781 g/mol. The standard InChI is InChI=1S/C13H13NO4.C12H15NO4.C3Cl6O3/c15-10(8-9-4-2-1-3-5-9)6-7-11-12(16)18-13(17)14-11;13-10(12(15)16)6-7-11(14)17-8-9-4-2-1-3-5-9;4-2(5,6)11-1(10)12-3(7,8)9/h1-5,11H,6-8H2,(H,14,17);1-5,10H,6-8,13H2,(H,15,16);. The number of rotatable bonds is 11. The van der Waals surface area contributed by atoms with E-state index in [1.807, 2.05) is 60.7 Å². The fourth-order valence-corrected chi connectivity index (χ4v) is 3.60. The van der Waals surface area contributed by atoms with Crippen LogP contribution >= 0.6 is 69.6 Å². The third-order valence-corrected chi connectivity index (χ3v) is 5.81. The summed E-state index contributed by atoms with van der Waals surface area (Å²) in [5, 5.41) is 10.9. The van der Waals surface area contributed by atoms with Crippen LogP contribution in [0.25, 0.3) is 0 Å². The van der Waals surface area contributed by atoms with Gasteiger partial charge in [0.15, 0.2) is 0 Å². The van der Waals surface area contributed by atoms with Crippen LogP contribution in [0.4, 0.5) is 9.59 Å². The van der Waals surface area contributed by atoms with Gasteiger partial charge in [-0.05, 0) is 93.6 Å². The van der Waals surface area contributed by atoms with Crippen LogP contribution in [-0.4, -0.2) is 61.1 Å². The number of nitrogens with two attached hydrogens (primary N) is 1. The van der Waals surface area contributed by atoms with Gasteiger partial charge in [0.25, 0.3) is 0 Å². The Hall–Kier alpha value is -3.04. The van der Waals surface area contributed by atoms with Gasteiger partial charge >= 0.3 is 38.1 Å². The molecule has 0 bridgehead atoms. The van der Waals surface area contributed by atoms with Crippen LogP contribution in [0.5, 0.6) is 0 Å². The molecule has 1 aliphatic rings. The van der Waals surface area contributed by atoms with Gasteiger partial charge in [-0.2, -0.15) is 0 Å². The fraction of sp³-hybridized carbons (Fsp3) is 0.357. The number of carboxylic acids is 1. The number of carbonyl (C=O) groups excluding carboxylic acids is 5. The number of carboxylic acid groups (broad SMARTS) is 1. The minimum absolute atomic E-state index is 0.0142. The summed E-state index contributed by atoms with van der Waals surface area (Å²) in [5.41, 5.74) is 7.10. The van der Waals surface area contributed by atoms with E-state index >= 15 is 0 Å². The van der Waals surface area contributed by atoms with Crippen molar-refractivity contribution in [2.24, 2.45) is 5.73 Å². The van der Waals surface area contributed by atoms with Crippen LogP contribution in [0.2, 0.25) is 0 Å². The fourth-order valence-electron chi connectivity index (χ4n) is 3.22. The first-order valence-electron chi connectivity index (χ1n) is 13.2. The molecule has 2 atom stereocenters. The molecule has 3 rings (SSSR count). The Balaban J connectivity index is 0.000000361. The number of aliphatic carboxylic acids is 1. The second-order valence-corrected chi connectivity index (χ2v) is 13.5. The Morgan fingerprint density at radius 3 is 1.81 bits per heavy atom. The third kappa shape index (κ3) is 21.5. The van der Waals surface area contributed by atoms with Crippen LogP contribution in [0.15, 0.2) is 60.7 Å². The monoisotopic (exact) mass is 778 g/mol. The summed E-state index contributed by atoms with van der Waals surface area (Å²) in [6.45, 7) is 0.196. The van der Waals surface area contributed by atoms with Gasteiger partial charge in [0, 0.05) is 19.3 Å². The zero-order valence-electron chi connectivity index (χ0n) is 24.0. The third-order valence-electron chi connectivity index (χ3n) is 5.34. The van der Waals surface area contributed by atoms with Crippen LogP contribution in [0, 0.1) is 0 Å². The Kier molecular flexibility index (Phi) is 18.8. The lowest BCUT2D eigenvalue weighted by Gasteiger charge is -2.15. The number of carbonyl (C=O) groups is 6. The number of hydrogen-bond acceptors (Lipinski definition) is 11. The smallest absolute Gasteiger partial charge is 0.480 e. The number of hydrogen-bond donors (Lipinski definition) is 3. The van der Waals surface area contributed by atoms with Crippen molar-refractivity contribution in [3.8, 4) is 0 Å². The van der Waals surface area contributed by atoms with Gasteiger partial charge in [0.2, 0.25) is 0 Å². The molecule has 1 fully saturated rings. The molecule has 0 aromatic heterocycles. The zero-order chi connectivity index (χ0) is 35.6. The maximum Gasteiger partial charge on any atom is 0.515 e. The molecule has 4 N–H and O–H groups in total. The van der Waals surface area contributed by atoms with E-state index in [0.717, 1.165) is 11.1 Å². The van der Waals surface area contributed by atoms with E-state index in [1.165, 1.54) is 0 Å². The minimum atomic E-state index is -2.24. The van der Waals surface area contributed by atoms with Crippen molar-refractivity contribution >= 4 is 106 Å². The maximum absolute atomic E-state index is 11.7. The number of alkyl carbamates (subject to hydrolysis) is 1. The molecular weight excluding hydrogens is 753 g/mol. The predicted octanol–water partition coefficient (Wildman–Crippen LogP) is 5.93. The second kappa shape index (κ2) is 21.0. The molecule has 19 heteroatoms. The van der Waals surface area contributed by atoms with Gasteiger partial charge in [-0.3, -0.25) is 14.4 Å². The number of nitrogens with one attached hydrogen (secondary N) is 1. The van der Waals surface area contributed by atoms with E-state index in [0.29, 0.717) is 6.42 Å². The van der Waals surface area contributed by atoms with Gasteiger partial charge in [-0.25, -0.2) is 14.4 Å². The topological polar surface area (TPSA) is 198 Å². The van der Waals surface area contributed by atoms with Gasteiger partial charge in [-0.1, -0.05) is 60.7 Å². The normalized spacial score (nSPS) is 14.5. The van der Waals surface area contributed by atoms with Crippen molar-refractivity contribution in [3.05, 3.63) is 71.8 Å². The molecular formula is C28H28Cl6N2O11. The molecule has 2 aromatic carbocycles. The SMILES string of the molecule is NC(CCC(=O)OCc1ccccc1)C(=O)O.O=C(CCC1NC(=O)OC1=O)Cc1ccccc1.O=C(OC(Cl)(Cl)Cl)OC(Cl)(Cl)Cl. The largest absolute Gasteiger partial charge is 0.515 e. The summed E-state index contributed by atoms with van der Waals surface area (Å²) < 4.78 is 12.8. The molecule has 2 aromatic rings. The number of alkyl halides is 6. The Morgan fingerprint density at radius 2 is 1.36 bits per heavy atom. The number of ether oxygens (including phenoxy) is 4. The first-order valence-corrected chi connectivity index (χ1v) is 15.4. The molecule has 1 aliphatic heterocycles. The van der Waals surface area contributed by atoms with Gasteiger partial charge in [0.05, 0.1) is 0 Å². The molecule has 0 saturated carbocycles. The highest BCUT2D eigenvalue weighted by atomic mass is 35.6. The number of ketones is 1. The molecule has 0 spiro atoms. The van der Waals surface area contributed by atoms with Crippen LogP contribution in [-0.2, 0) is 51.2 Å². The summed E-state index contributed by atoms with van der Waals surface area (Å²) in [6, 6.07) is 17.0. The number of halogens is 6. The molecule has 47 heavy (non-hydrogen) atoms. The van der Waals surface area contributed by atoms with E-state index in [2.05, 4.69) is 19.5 Å². The summed E-state index contributed by atoms with van der Waals surface area (Å²) >= 11 is 30.2. The zero-order valence-corrected chi connectivity index (χ0v) is 28.6. The Morgan fingerprint density at radius 1 is 0.851 bits per heavy atom. The summed E-state index contributed by atoms with van der Waals surface area (Å²) in [7, 11) is 0. The van der Waals surface area contributed by atoms with Gasteiger partial charge in [0.1, 0.15) is 24.5 Å². The minimum Gasteiger partial charge on any atom is -0.480 e. The molecule has 1 saturated heterocycles. The number of Topliss-reactive ketones (excluding diaryl/α,β-unsaturated/α-hetero) is 1. The first-order chi connectivity index (χ1) is 21.8. The van der Waals surface area contributed by atoms with Gasteiger partial charge < -0.3 is 35.1 Å². The van der Waals surface area contributed by atoms with Crippen molar-refractivity contribution in [2.45, 2.75) is 58.8 Å². The molecule has 0 aliphatic carbocycles. The van der Waals surface area contributed by atoms with Crippen LogP contribution in [0.3, 0.4) is 0 Å². The van der Waals surface area contributed by atoms with Crippen molar-refractivity contribution in [1.82, 2.24) is 5.32 Å². The van der Waals surface area contributed by atoms with E-state index < -0.39 is 50.2 Å². The second-order valence-electron chi connectivity index (χ2n) is 9.12. The molecule has 0 radical (unpaired) electrons. The highest BCUT2D eigenvalue weighted by Crippen LogP contribution is 2.32. The lowest BCUT2D eigenvalue weighted by atomic mass is 10.0. The molecule has 1 amide bonds. The summed E-state index contributed by atoms with van der Waals surface area (Å²) in [5.74, 6) is -2.12. The highest BCUT2D eigenvalue weighted by Gasteiger charge is 2.33. The van der Waals surface area contributed by atoms with E-state index in [-0.39, 0.29) is 38.1 Å². The first kappa shape index (κ1) is 42.0. The lowest BCUT2D eigenvalue weighted by molar-refractivity contribution is -0.145. The summed E-state index contributed by atoms with van der Waals surface area (Å²) in [6.07, 6.45) is -1.17. The van der Waals surface area contributed by atoms with Crippen LogP contribution in [0.1, 0.15) is 36.8 Å². The Bertz CT molecular complexity index is 1320. The highest BCUT2D eigenvalue weighted by molar-refractivity contribution is 6.67. The maximum atomic E-state index is 11.7. The lowest BCUT2D eigenvalue weighted by Crippen LogP contribution is -2.30. The van der Waals surface area contributed by atoms with Crippen molar-refractivity contribution in [1.29, 1.82) is 0 Å². The quantitative estimate of drug-likeness (QED) is 0.105. The molecule has 13 nitrogen and oxygen atoms in total. The van der Waals surface area contributed by atoms with E-state index in [1.54, 1.807) is 0 Å². The Labute approximate surface area is 298 Å². The average Bonchev–Trinajstić information content (AvgIpc) is 3.29. The van der Waals surface area contributed by atoms with Crippen LogP contribution < -0.4 is 11.1 Å². The van der Waals surface area contributed by atoms with Crippen molar-refractivity contribution < 1.29 is 52.8 Å². The number of benzene rings is 2. The number of esters is 2. The molecule has 2 unspecified atom stereocenters. The van der Waals surface area contributed by atoms with Crippen molar-refractivity contribution in [3.63, 3.8) is 0 Å².